The zero-order valence-electron chi connectivity index (χ0n) is 17.2. The van der Waals surface area contributed by atoms with Crippen LogP contribution in [0.1, 0.15) is 66.7 Å². The number of amides is 2. The number of nitrogens with one attached hydrogen (secondary N) is 1. The lowest BCUT2D eigenvalue weighted by Crippen LogP contribution is -2.58. The molecule has 0 aromatic rings. The Hall–Kier alpha value is -1.30. The molecule has 26 heavy (non-hydrogen) atoms. The molecule has 6 heteroatoms. The first kappa shape index (κ1) is 21.0. The van der Waals surface area contributed by atoms with Crippen molar-refractivity contribution in [2.24, 2.45) is 11.3 Å². The number of hydrogen-bond donors (Lipinski definition) is 2. The number of urea groups is 1. The summed E-state index contributed by atoms with van der Waals surface area (Å²) in [7, 11) is 0. The van der Waals surface area contributed by atoms with Crippen LogP contribution in [0.4, 0.5) is 4.79 Å². The molecule has 0 spiro atoms. The quantitative estimate of drug-likeness (QED) is 0.800. The van der Waals surface area contributed by atoms with Gasteiger partial charge in [-0.05, 0) is 51.4 Å². The third kappa shape index (κ3) is 5.86. The summed E-state index contributed by atoms with van der Waals surface area (Å²) in [5.74, 6) is -0.944. The van der Waals surface area contributed by atoms with Gasteiger partial charge in [0.2, 0.25) is 0 Å². The van der Waals surface area contributed by atoms with E-state index in [0.717, 1.165) is 45.4 Å². The molecule has 1 saturated carbocycles. The molecule has 1 aliphatic heterocycles. The van der Waals surface area contributed by atoms with Crippen molar-refractivity contribution >= 4 is 12.0 Å². The van der Waals surface area contributed by atoms with Crippen LogP contribution >= 0.6 is 0 Å². The Morgan fingerprint density at radius 1 is 0.962 bits per heavy atom. The van der Waals surface area contributed by atoms with Gasteiger partial charge in [-0.25, -0.2) is 4.79 Å². The van der Waals surface area contributed by atoms with Crippen molar-refractivity contribution in [3.8, 4) is 0 Å². The summed E-state index contributed by atoms with van der Waals surface area (Å²) in [5, 5.41) is 12.2. The number of carbonyl (C=O) groups excluding carboxylic acids is 1. The first-order valence-electron chi connectivity index (χ1n) is 10.0. The summed E-state index contributed by atoms with van der Waals surface area (Å²) in [6, 6.07) is 0.130. The van der Waals surface area contributed by atoms with E-state index in [1.165, 1.54) is 0 Å². The van der Waals surface area contributed by atoms with Gasteiger partial charge in [-0.15, -0.1) is 0 Å². The van der Waals surface area contributed by atoms with Crippen LogP contribution in [0.2, 0.25) is 0 Å². The molecular formula is C20H37N3O3. The lowest BCUT2D eigenvalue weighted by molar-refractivity contribution is -0.142. The molecule has 1 heterocycles. The fourth-order valence-corrected chi connectivity index (χ4v) is 4.68. The first-order valence-corrected chi connectivity index (χ1v) is 10.0. The van der Waals surface area contributed by atoms with Crippen LogP contribution < -0.4 is 5.32 Å². The Bertz CT molecular complexity index is 497. The predicted octanol–water partition coefficient (Wildman–Crippen LogP) is 3.17. The second-order valence-corrected chi connectivity index (χ2v) is 9.86. The number of carboxylic acid groups (broad SMARTS) is 1. The second-order valence-electron chi connectivity index (χ2n) is 9.86. The fourth-order valence-electron chi connectivity index (χ4n) is 4.68. The maximum absolute atomic E-state index is 12.5. The van der Waals surface area contributed by atoms with Crippen LogP contribution in [0.25, 0.3) is 0 Å². The standard InChI is InChI=1S/C20H37N3O3/c1-19(2,3)14-20(4,5)23-12-10-22(11-13-23)18(26)21-16-8-6-15(7-9-16)17(24)25/h15-16H,6-14H2,1-5H3,(H,21,26)(H,24,25). The van der Waals surface area contributed by atoms with Gasteiger partial charge in [0.05, 0.1) is 5.92 Å². The van der Waals surface area contributed by atoms with E-state index in [1.54, 1.807) is 0 Å². The molecule has 2 rings (SSSR count). The maximum Gasteiger partial charge on any atom is 0.317 e. The van der Waals surface area contributed by atoms with E-state index in [2.05, 4.69) is 44.8 Å². The molecule has 2 fully saturated rings. The number of rotatable bonds is 4. The van der Waals surface area contributed by atoms with Crippen molar-refractivity contribution in [1.82, 2.24) is 15.1 Å². The van der Waals surface area contributed by atoms with Gasteiger partial charge in [0.1, 0.15) is 0 Å². The molecule has 6 nitrogen and oxygen atoms in total. The molecule has 2 amide bonds. The number of nitrogens with zero attached hydrogens (tertiary/aromatic N) is 2. The van der Waals surface area contributed by atoms with E-state index >= 15 is 0 Å². The Kier molecular flexibility index (Phi) is 6.59. The third-order valence-electron chi connectivity index (χ3n) is 5.79. The third-order valence-corrected chi connectivity index (χ3v) is 5.79. The van der Waals surface area contributed by atoms with E-state index in [1.807, 2.05) is 4.90 Å². The SMILES string of the molecule is CC(C)(C)CC(C)(C)N1CCN(C(=O)NC2CCC(C(=O)O)CC2)CC1. The van der Waals surface area contributed by atoms with Crippen molar-refractivity contribution in [1.29, 1.82) is 0 Å². The molecular weight excluding hydrogens is 330 g/mol. The van der Waals surface area contributed by atoms with E-state index in [9.17, 15) is 9.59 Å². The number of aliphatic carboxylic acids is 1. The van der Waals surface area contributed by atoms with Gasteiger partial charge in [0.25, 0.3) is 0 Å². The summed E-state index contributed by atoms with van der Waals surface area (Å²) >= 11 is 0. The molecule has 0 unspecified atom stereocenters. The molecule has 1 aliphatic carbocycles. The van der Waals surface area contributed by atoms with E-state index in [4.69, 9.17) is 5.11 Å². The highest BCUT2D eigenvalue weighted by molar-refractivity contribution is 5.75. The Morgan fingerprint density at radius 2 is 1.50 bits per heavy atom. The summed E-state index contributed by atoms with van der Waals surface area (Å²) in [4.78, 5) is 28.0. The van der Waals surface area contributed by atoms with Crippen molar-refractivity contribution in [2.45, 2.75) is 78.3 Å². The number of carbonyl (C=O) groups is 2. The van der Waals surface area contributed by atoms with Gasteiger partial charge in [-0.3, -0.25) is 9.69 Å². The second kappa shape index (κ2) is 8.15. The van der Waals surface area contributed by atoms with E-state index in [0.29, 0.717) is 12.8 Å². The van der Waals surface area contributed by atoms with Crippen LogP contribution in [-0.2, 0) is 4.79 Å². The molecule has 0 atom stereocenters. The maximum atomic E-state index is 12.5. The molecule has 0 radical (unpaired) electrons. The number of carboxylic acids is 1. The summed E-state index contributed by atoms with van der Waals surface area (Å²) in [6.45, 7) is 14.7. The predicted molar refractivity (Wildman–Crippen MR) is 103 cm³/mol. The summed E-state index contributed by atoms with van der Waals surface area (Å²) in [5.41, 5.74) is 0.419. The highest BCUT2D eigenvalue weighted by Gasteiger charge is 2.35. The zero-order valence-corrected chi connectivity index (χ0v) is 17.2. The average Bonchev–Trinajstić information content (AvgIpc) is 2.53. The van der Waals surface area contributed by atoms with Crippen molar-refractivity contribution < 1.29 is 14.7 Å². The Balaban J connectivity index is 1.77. The normalized spacial score (nSPS) is 25.8. The minimum atomic E-state index is -0.705. The smallest absolute Gasteiger partial charge is 0.317 e. The molecule has 1 saturated heterocycles. The Labute approximate surface area is 158 Å². The minimum Gasteiger partial charge on any atom is -0.481 e. The van der Waals surface area contributed by atoms with Gasteiger partial charge in [0.15, 0.2) is 0 Å². The van der Waals surface area contributed by atoms with Crippen molar-refractivity contribution in [2.75, 3.05) is 26.2 Å². The highest BCUT2D eigenvalue weighted by Crippen LogP contribution is 2.32. The van der Waals surface area contributed by atoms with E-state index in [-0.39, 0.29) is 28.9 Å². The number of hydrogen-bond acceptors (Lipinski definition) is 3. The van der Waals surface area contributed by atoms with Gasteiger partial charge in [-0.2, -0.15) is 0 Å². The molecule has 2 N–H and O–H groups in total. The Morgan fingerprint density at radius 3 is 1.96 bits per heavy atom. The van der Waals surface area contributed by atoms with E-state index < -0.39 is 5.97 Å². The van der Waals surface area contributed by atoms with Crippen LogP contribution in [0.3, 0.4) is 0 Å². The van der Waals surface area contributed by atoms with Crippen molar-refractivity contribution in [3.63, 3.8) is 0 Å². The van der Waals surface area contributed by atoms with Gasteiger partial charge in [0, 0.05) is 37.8 Å². The average molecular weight is 368 g/mol. The zero-order chi connectivity index (χ0) is 19.5. The summed E-state index contributed by atoms with van der Waals surface area (Å²) < 4.78 is 0. The molecule has 0 aromatic heterocycles. The minimum absolute atomic E-state index is 0.0112. The van der Waals surface area contributed by atoms with Gasteiger partial charge >= 0.3 is 12.0 Å². The fraction of sp³-hybridized carbons (Fsp3) is 0.900. The van der Waals surface area contributed by atoms with Crippen LogP contribution in [-0.4, -0.2) is 64.7 Å². The monoisotopic (exact) mass is 367 g/mol. The van der Waals surface area contributed by atoms with Crippen LogP contribution in [0, 0.1) is 11.3 Å². The summed E-state index contributed by atoms with van der Waals surface area (Å²) in [6.07, 6.45) is 3.98. The molecule has 0 bridgehead atoms. The molecule has 2 aliphatic rings. The number of piperazine rings is 1. The molecule has 0 aromatic carbocycles. The topological polar surface area (TPSA) is 72.9 Å². The molecule has 150 valence electrons. The lowest BCUT2D eigenvalue weighted by atomic mass is 9.80. The van der Waals surface area contributed by atoms with Gasteiger partial charge < -0.3 is 15.3 Å². The lowest BCUT2D eigenvalue weighted by Gasteiger charge is -2.46. The van der Waals surface area contributed by atoms with Crippen LogP contribution in [0.15, 0.2) is 0 Å². The van der Waals surface area contributed by atoms with Crippen molar-refractivity contribution in [3.05, 3.63) is 0 Å². The van der Waals surface area contributed by atoms with Gasteiger partial charge in [-0.1, -0.05) is 20.8 Å². The highest BCUT2D eigenvalue weighted by atomic mass is 16.4. The largest absolute Gasteiger partial charge is 0.481 e. The first-order chi connectivity index (χ1) is 12.0. The van der Waals surface area contributed by atoms with Crippen LogP contribution in [0.5, 0.6) is 0 Å².